The Morgan fingerprint density at radius 1 is 1.15 bits per heavy atom. The van der Waals surface area contributed by atoms with Crippen LogP contribution in [-0.2, 0) is 11.3 Å². The maximum Gasteiger partial charge on any atom is 0.243 e. The largest absolute Gasteiger partial charge is 0.351 e. The summed E-state index contributed by atoms with van der Waals surface area (Å²) in [4.78, 5) is 21.2. The summed E-state index contributed by atoms with van der Waals surface area (Å²) in [7, 11) is 0. The Morgan fingerprint density at radius 3 is 2.48 bits per heavy atom. The molecule has 1 amide bonds. The molecule has 0 bridgehead atoms. The van der Waals surface area contributed by atoms with Crippen molar-refractivity contribution in [3.05, 3.63) is 47.6 Å². The second-order valence-electron chi connectivity index (χ2n) is 7.40. The van der Waals surface area contributed by atoms with Crippen LogP contribution in [0.4, 0.5) is 0 Å². The van der Waals surface area contributed by atoms with Gasteiger partial charge in [-0.25, -0.2) is 0 Å². The van der Waals surface area contributed by atoms with E-state index in [-0.39, 0.29) is 17.9 Å². The van der Waals surface area contributed by atoms with Gasteiger partial charge in [0.05, 0.1) is 12.6 Å². The molecule has 1 saturated heterocycles. The van der Waals surface area contributed by atoms with Crippen molar-refractivity contribution in [3.63, 3.8) is 0 Å². The van der Waals surface area contributed by atoms with Crippen molar-refractivity contribution in [1.82, 2.24) is 25.3 Å². The van der Waals surface area contributed by atoms with Crippen LogP contribution in [-0.4, -0.2) is 58.6 Å². The molecule has 2 aromatic rings. The van der Waals surface area contributed by atoms with E-state index >= 15 is 0 Å². The monoisotopic (exact) mass is 371 g/mol. The first-order chi connectivity index (χ1) is 13.0. The average Bonchev–Trinajstić information content (AvgIpc) is 3.18. The summed E-state index contributed by atoms with van der Waals surface area (Å²) >= 11 is 0. The van der Waals surface area contributed by atoms with Gasteiger partial charge in [0.15, 0.2) is 5.82 Å². The lowest BCUT2D eigenvalue weighted by molar-refractivity contribution is -0.122. The standard InChI is InChI=1S/C20H29N5O2/c1-15(2)19-22-20(27-23-19)16(3)25-11-9-24(10-12-25)14-18(26)21-13-17-7-5-4-6-8-17/h4-8,15-16H,9-14H2,1-3H3,(H,21,26). The fourth-order valence-corrected chi connectivity index (χ4v) is 3.17. The molecule has 7 heteroatoms. The molecule has 1 atom stereocenters. The van der Waals surface area contributed by atoms with Crippen LogP contribution in [0.15, 0.2) is 34.9 Å². The van der Waals surface area contributed by atoms with Crippen molar-refractivity contribution in [3.8, 4) is 0 Å². The van der Waals surface area contributed by atoms with Crippen LogP contribution in [0.5, 0.6) is 0 Å². The normalized spacial score (nSPS) is 17.2. The van der Waals surface area contributed by atoms with Crippen LogP contribution < -0.4 is 5.32 Å². The zero-order valence-electron chi connectivity index (χ0n) is 16.4. The Labute approximate surface area is 160 Å². The molecule has 2 heterocycles. The van der Waals surface area contributed by atoms with E-state index in [0.717, 1.165) is 37.6 Å². The molecule has 1 aromatic carbocycles. The van der Waals surface area contributed by atoms with Crippen LogP contribution in [0.1, 0.15) is 50.0 Å². The fourth-order valence-electron chi connectivity index (χ4n) is 3.17. The SMILES string of the molecule is CC(C)c1noc(C(C)N2CCN(CC(=O)NCc3ccccc3)CC2)n1. The van der Waals surface area contributed by atoms with Gasteiger partial charge in [-0.3, -0.25) is 14.6 Å². The van der Waals surface area contributed by atoms with Gasteiger partial charge in [-0.15, -0.1) is 0 Å². The molecule has 0 radical (unpaired) electrons. The highest BCUT2D eigenvalue weighted by atomic mass is 16.5. The Balaban J connectivity index is 1.42. The first-order valence-electron chi connectivity index (χ1n) is 9.63. The van der Waals surface area contributed by atoms with E-state index < -0.39 is 0 Å². The molecule has 27 heavy (non-hydrogen) atoms. The van der Waals surface area contributed by atoms with Crippen LogP contribution >= 0.6 is 0 Å². The average molecular weight is 371 g/mol. The van der Waals surface area contributed by atoms with Gasteiger partial charge < -0.3 is 9.84 Å². The molecule has 0 aliphatic carbocycles. The third-order valence-electron chi connectivity index (χ3n) is 4.99. The number of carbonyl (C=O) groups excluding carboxylic acids is 1. The van der Waals surface area contributed by atoms with Crippen molar-refractivity contribution < 1.29 is 9.32 Å². The number of benzene rings is 1. The third-order valence-corrected chi connectivity index (χ3v) is 4.99. The zero-order chi connectivity index (χ0) is 19.2. The van der Waals surface area contributed by atoms with Gasteiger partial charge in [-0.1, -0.05) is 49.3 Å². The minimum absolute atomic E-state index is 0.0684. The number of hydrogen-bond acceptors (Lipinski definition) is 6. The molecular weight excluding hydrogens is 342 g/mol. The first kappa shape index (κ1) is 19.5. The van der Waals surface area contributed by atoms with Gasteiger partial charge in [0.25, 0.3) is 0 Å². The molecule has 1 aliphatic rings. The number of nitrogens with zero attached hydrogens (tertiary/aromatic N) is 4. The number of aromatic nitrogens is 2. The Morgan fingerprint density at radius 2 is 1.85 bits per heavy atom. The van der Waals surface area contributed by atoms with Gasteiger partial charge >= 0.3 is 0 Å². The first-order valence-corrected chi connectivity index (χ1v) is 9.63. The van der Waals surface area contributed by atoms with E-state index in [1.807, 2.05) is 30.3 Å². The predicted molar refractivity (Wildman–Crippen MR) is 103 cm³/mol. The van der Waals surface area contributed by atoms with E-state index in [1.165, 1.54) is 0 Å². The summed E-state index contributed by atoms with van der Waals surface area (Å²) < 4.78 is 5.43. The molecule has 1 aromatic heterocycles. The fraction of sp³-hybridized carbons (Fsp3) is 0.550. The lowest BCUT2D eigenvalue weighted by Gasteiger charge is -2.36. The number of carbonyl (C=O) groups is 1. The van der Waals surface area contributed by atoms with Gasteiger partial charge in [-0.05, 0) is 12.5 Å². The van der Waals surface area contributed by atoms with Crippen molar-refractivity contribution in [1.29, 1.82) is 0 Å². The van der Waals surface area contributed by atoms with Crippen molar-refractivity contribution >= 4 is 5.91 Å². The summed E-state index contributed by atoms with van der Waals surface area (Å²) in [5.41, 5.74) is 1.12. The van der Waals surface area contributed by atoms with Crippen LogP contribution in [0.3, 0.4) is 0 Å². The van der Waals surface area contributed by atoms with Crippen molar-refractivity contribution in [2.75, 3.05) is 32.7 Å². The second-order valence-corrected chi connectivity index (χ2v) is 7.40. The summed E-state index contributed by atoms with van der Waals surface area (Å²) in [5, 5.41) is 7.05. The molecule has 146 valence electrons. The molecule has 0 spiro atoms. The van der Waals surface area contributed by atoms with E-state index in [9.17, 15) is 4.79 Å². The lowest BCUT2D eigenvalue weighted by atomic mass is 10.2. The Bertz CT molecular complexity index is 723. The number of rotatable bonds is 7. The van der Waals surface area contributed by atoms with E-state index in [4.69, 9.17) is 4.52 Å². The molecule has 1 aliphatic heterocycles. The van der Waals surface area contributed by atoms with Gasteiger partial charge in [0, 0.05) is 38.6 Å². The van der Waals surface area contributed by atoms with Crippen LogP contribution in [0.25, 0.3) is 0 Å². The quantitative estimate of drug-likeness (QED) is 0.804. The van der Waals surface area contributed by atoms with Crippen molar-refractivity contribution in [2.24, 2.45) is 0 Å². The summed E-state index contributed by atoms with van der Waals surface area (Å²) in [6.45, 7) is 10.7. The number of hydrogen-bond donors (Lipinski definition) is 1. The van der Waals surface area contributed by atoms with Gasteiger partial charge in [0.1, 0.15) is 0 Å². The lowest BCUT2D eigenvalue weighted by Crippen LogP contribution is -2.49. The van der Waals surface area contributed by atoms with Gasteiger partial charge in [-0.2, -0.15) is 4.98 Å². The Kier molecular flexibility index (Phi) is 6.58. The summed E-state index contributed by atoms with van der Waals surface area (Å²) in [6.07, 6.45) is 0. The van der Waals surface area contributed by atoms with E-state index in [2.05, 4.69) is 46.0 Å². The molecule has 0 saturated carbocycles. The molecular formula is C20H29N5O2. The smallest absolute Gasteiger partial charge is 0.243 e. The highest BCUT2D eigenvalue weighted by molar-refractivity contribution is 5.78. The maximum atomic E-state index is 12.2. The molecule has 7 nitrogen and oxygen atoms in total. The molecule has 1 N–H and O–H groups in total. The summed E-state index contributed by atoms with van der Waals surface area (Å²) in [6, 6.07) is 10.1. The van der Waals surface area contributed by atoms with Gasteiger partial charge in [0.2, 0.25) is 11.8 Å². The zero-order valence-corrected chi connectivity index (χ0v) is 16.4. The number of piperazine rings is 1. The number of amides is 1. The number of nitrogens with one attached hydrogen (secondary N) is 1. The van der Waals surface area contributed by atoms with Crippen molar-refractivity contribution in [2.45, 2.75) is 39.3 Å². The topological polar surface area (TPSA) is 74.5 Å². The van der Waals surface area contributed by atoms with E-state index in [1.54, 1.807) is 0 Å². The highest BCUT2D eigenvalue weighted by Crippen LogP contribution is 2.21. The highest BCUT2D eigenvalue weighted by Gasteiger charge is 2.26. The summed E-state index contributed by atoms with van der Waals surface area (Å²) in [5.74, 6) is 1.76. The minimum Gasteiger partial charge on any atom is -0.351 e. The molecule has 1 unspecified atom stereocenters. The third kappa shape index (κ3) is 5.37. The predicted octanol–water partition coefficient (Wildman–Crippen LogP) is 2.19. The van der Waals surface area contributed by atoms with Crippen LogP contribution in [0.2, 0.25) is 0 Å². The molecule has 3 rings (SSSR count). The van der Waals surface area contributed by atoms with E-state index in [0.29, 0.717) is 19.0 Å². The Hall–Kier alpha value is -2.25. The second kappa shape index (κ2) is 9.10. The maximum absolute atomic E-state index is 12.2. The van der Waals surface area contributed by atoms with Crippen LogP contribution in [0, 0.1) is 0 Å². The minimum atomic E-state index is 0.0684. The molecule has 1 fully saturated rings.